The molecule has 0 radical (unpaired) electrons. The fourth-order valence-corrected chi connectivity index (χ4v) is 3.63. The molecule has 27 heavy (non-hydrogen) atoms. The van der Waals surface area contributed by atoms with Gasteiger partial charge in [-0.15, -0.1) is 0 Å². The van der Waals surface area contributed by atoms with Crippen LogP contribution in [0.1, 0.15) is 36.4 Å². The number of carbonyl (C=O) groups is 1. The molecule has 1 aromatic heterocycles. The highest BCUT2D eigenvalue weighted by Gasteiger charge is 2.34. The zero-order valence-corrected chi connectivity index (χ0v) is 14.9. The van der Waals surface area contributed by atoms with Crippen molar-refractivity contribution in [3.63, 3.8) is 0 Å². The SMILES string of the molecule is N#Cc1cnc(N2CCC(C(=O)N3N=CCC3c3ccccc3)CC2)nc1. The number of hydrazone groups is 1. The lowest BCUT2D eigenvalue weighted by atomic mass is 9.94. The number of rotatable bonds is 3. The van der Waals surface area contributed by atoms with Gasteiger partial charge in [0.2, 0.25) is 11.9 Å². The number of anilines is 1. The lowest BCUT2D eigenvalue weighted by Gasteiger charge is -2.33. The molecule has 136 valence electrons. The normalized spacial score (nSPS) is 19.9. The van der Waals surface area contributed by atoms with Crippen LogP contribution in [0.5, 0.6) is 0 Å². The third-order valence-corrected chi connectivity index (χ3v) is 5.13. The van der Waals surface area contributed by atoms with Gasteiger partial charge in [0.05, 0.1) is 24.0 Å². The summed E-state index contributed by atoms with van der Waals surface area (Å²) in [6.07, 6.45) is 7.14. The number of carbonyl (C=O) groups excluding carboxylic acids is 1. The molecule has 0 saturated carbocycles. The van der Waals surface area contributed by atoms with Crippen molar-refractivity contribution in [2.75, 3.05) is 18.0 Å². The minimum absolute atomic E-state index is 0.00131. The van der Waals surface area contributed by atoms with E-state index in [0.29, 0.717) is 11.5 Å². The molecule has 0 bridgehead atoms. The van der Waals surface area contributed by atoms with Crippen molar-refractivity contribution in [3.8, 4) is 6.07 Å². The van der Waals surface area contributed by atoms with E-state index in [9.17, 15) is 4.79 Å². The molecule has 1 aromatic carbocycles. The Labute approximate surface area is 158 Å². The molecule has 2 aliphatic rings. The van der Waals surface area contributed by atoms with Gasteiger partial charge in [-0.3, -0.25) is 4.79 Å². The Kier molecular flexibility index (Phi) is 4.79. The van der Waals surface area contributed by atoms with E-state index in [1.165, 1.54) is 12.4 Å². The van der Waals surface area contributed by atoms with E-state index >= 15 is 0 Å². The van der Waals surface area contributed by atoms with Crippen LogP contribution in [-0.2, 0) is 4.79 Å². The van der Waals surface area contributed by atoms with Gasteiger partial charge in [0.25, 0.3) is 0 Å². The number of piperidine rings is 1. The topological polar surface area (TPSA) is 85.5 Å². The van der Waals surface area contributed by atoms with Crippen molar-refractivity contribution in [2.24, 2.45) is 11.0 Å². The minimum Gasteiger partial charge on any atom is -0.341 e. The van der Waals surface area contributed by atoms with Gasteiger partial charge in [-0.05, 0) is 18.4 Å². The average Bonchev–Trinajstić information content (AvgIpc) is 3.24. The maximum Gasteiger partial charge on any atom is 0.246 e. The Bertz CT molecular complexity index is 866. The first-order valence-electron chi connectivity index (χ1n) is 9.14. The summed E-state index contributed by atoms with van der Waals surface area (Å²) in [5.74, 6) is 0.667. The second-order valence-electron chi connectivity index (χ2n) is 6.79. The zero-order chi connectivity index (χ0) is 18.6. The predicted octanol–water partition coefficient (Wildman–Crippen LogP) is 2.52. The van der Waals surface area contributed by atoms with Gasteiger partial charge < -0.3 is 4.90 Å². The Balaban J connectivity index is 1.39. The van der Waals surface area contributed by atoms with Gasteiger partial charge >= 0.3 is 0 Å². The highest BCUT2D eigenvalue weighted by molar-refractivity contribution is 5.82. The van der Waals surface area contributed by atoms with Gasteiger partial charge in [0.1, 0.15) is 6.07 Å². The van der Waals surface area contributed by atoms with E-state index < -0.39 is 0 Å². The summed E-state index contributed by atoms with van der Waals surface area (Å²) in [5, 5.41) is 14.9. The van der Waals surface area contributed by atoms with Crippen molar-refractivity contribution in [2.45, 2.75) is 25.3 Å². The number of hydrogen-bond donors (Lipinski definition) is 0. The van der Waals surface area contributed by atoms with E-state index in [0.717, 1.165) is 37.9 Å². The van der Waals surface area contributed by atoms with Gasteiger partial charge in [-0.1, -0.05) is 30.3 Å². The maximum atomic E-state index is 13.0. The first-order chi connectivity index (χ1) is 13.3. The lowest BCUT2D eigenvalue weighted by molar-refractivity contribution is -0.138. The van der Waals surface area contributed by atoms with E-state index in [-0.39, 0.29) is 17.9 Å². The minimum atomic E-state index is -0.0407. The van der Waals surface area contributed by atoms with Crippen LogP contribution in [0.2, 0.25) is 0 Å². The van der Waals surface area contributed by atoms with Crippen LogP contribution in [0.15, 0.2) is 47.8 Å². The van der Waals surface area contributed by atoms with Gasteiger partial charge in [-0.2, -0.15) is 10.4 Å². The van der Waals surface area contributed by atoms with Gasteiger partial charge in [0, 0.05) is 31.6 Å². The summed E-state index contributed by atoms with van der Waals surface area (Å²) in [5.41, 5.74) is 1.56. The molecule has 1 fully saturated rings. The molecule has 3 heterocycles. The Morgan fingerprint density at radius 3 is 2.48 bits per heavy atom. The highest BCUT2D eigenvalue weighted by atomic mass is 16.2. The van der Waals surface area contributed by atoms with E-state index in [1.54, 1.807) is 5.01 Å². The molecule has 4 rings (SSSR count). The summed E-state index contributed by atoms with van der Waals surface area (Å²) in [6, 6.07) is 12.1. The molecule has 2 aromatic rings. The summed E-state index contributed by atoms with van der Waals surface area (Å²) >= 11 is 0. The zero-order valence-electron chi connectivity index (χ0n) is 14.9. The Hall–Kier alpha value is -3.27. The Morgan fingerprint density at radius 2 is 1.81 bits per heavy atom. The predicted molar refractivity (Wildman–Crippen MR) is 101 cm³/mol. The number of aromatic nitrogens is 2. The molecule has 2 aliphatic heterocycles. The summed E-state index contributed by atoms with van der Waals surface area (Å²) in [7, 11) is 0. The van der Waals surface area contributed by atoms with E-state index in [2.05, 4.69) is 20.0 Å². The second kappa shape index (κ2) is 7.54. The third-order valence-electron chi connectivity index (χ3n) is 5.13. The molecule has 0 spiro atoms. The molecule has 0 aliphatic carbocycles. The molecule has 1 saturated heterocycles. The molecule has 1 unspecified atom stereocenters. The number of benzene rings is 1. The van der Waals surface area contributed by atoms with Crippen LogP contribution in [-0.4, -0.2) is 40.2 Å². The average molecular weight is 360 g/mol. The number of hydrogen-bond acceptors (Lipinski definition) is 6. The first kappa shape index (κ1) is 17.2. The molecule has 1 atom stereocenters. The molecular formula is C20H20N6O. The van der Waals surface area contributed by atoms with E-state index in [4.69, 9.17) is 5.26 Å². The number of nitrogens with zero attached hydrogens (tertiary/aromatic N) is 6. The fourth-order valence-electron chi connectivity index (χ4n) is 3.63. The third kappa shape index (κ3) is 3.51. The molecule has 7 nitrogen and oxygen atoms in total. The summed E-state index contributed by atoms with van der Waals surface area (Å²) in [4.78, 5) is 23.6. The number of nitriles is 1. The quantitative estimate of drug-likeness (QED) is 0.839. The van der Waals surface area contributed by atoms with Crippen LogP contribution < -0.4 is 4.90 Å². The molecule has 0 N–H and O–H groups in total. The largest absolute Gasteiger partial charge is 0.341 e. The molecular weight excluding hydrogens is 340 g/mol. The van der Waals surface area contributed by atoms with Crippen LogP contribution in [0.25, 0.3) is 0 Å². The fraction of sp³-hybridized carbons (Fsp3) is 0.350. The standard InChI is InChI=1S/C20H20N6O/c21-12-15-13-22-20(23-14-15)25-10-7-17(8-11-25)19(27)26-18(6-9-24-26)16-4-2-1-3-5-16/h1-5,9,13-14,17-18H,6-8,10-11H2. The molecule has 1 amide bonds. The van der Waals surface area contributed by atoms with Crippen LogP contribution in [0, 0.1) is 17.2 Å². The van der Waals surface area contributed by atoms with Gasteiger partial charge in [0.15, 0.2) is 0 Å². The van der Waals surface area contributed by atoms with Crippen LogP contribution in [0.3, 0.4) is 0 Å². The smallest absolute Gasteiger partial charge is 0.246 e. The summed E-state index contributed by atoms with van der Waals surface area (Å²) in [6.45, 7) is 1.44. The van der Waals surface area contributed by atoms with Crippen LogP contribution >= 0.6 is 0 Å². The van der Waals surface area contributed by atoms with E-state index in [1.807, 2.05) is 42.6 Å². The second-order valence-corrected chi connectivity index (χ2v) is 6.79. The molecule has 7 heteroatoms. The summed E-state index contributed by atoms with van der Waals surface area (Å²) < 4.78 is 0. The maximum absolute atomic E-state index is 13.0. The number of amides is 1. The van der Waals surface area contributed by atoms with Gasteiger partial charge in [-0.25, -0.2) is 15.0 Å². The highest BCUT2D eigenvalue weighted by Crippen LogP contribution is 2.32. The lowest BCUT2D eigenvalue weighted by Crippen LogP contribution is -2.41. The first-order valence-corrected chi connectivity index (χ1v) is 9.14. The van der Waals surface area contributed by atoms with Crippen LogP contribution in [0.4, 0.5) is 5.95 Å². The van der Waals surface area contributed by atoms with Crippen molar-refractivity contribution in [3.05, 3.63) is 53.9 Å². The van der Waals surface area contributed by atoms with Crippen molar-refractivity contribution in [1.82, 2.24) is 15.0 Å². The van der Waals surface area contributed by atoms with Crippen molar-refractivity contribution >= 4 is 18.1 Å². The monoisotopic (exact) mass is 360 g/mol. The Morgan fingerprint density at radius 1 is 1.11 bits per heavy atom. The van der Waals surface area contributed by atoms with Crippen molar-refractivity contribution < 1.29 is 4.79 Å². The van der Waals surface area contributed by atoms with Crippen molar-refractivity contribution in [1.29, 1.82) is 5.26 Å².